The first-order valence-electron chi connectivity index (χ1n) is 4.71. The van der Waals surface area contributed by atoms with Crippen molar-refractivity contribution in [3.8, 4) is 5.75 Å². The normalized spacial score (nSPS) is 10.1. The fourth-order valence-corrected chi connectivity index (χ4v) is 2.38. The maximum absolute atomic E-state index is 11.3. The summed E-state index contributed by atoms with van der Waals surface area (Å²) in [5.74, 6) is 0.584. The number of carbonyl (C=O) groups is 1. The highest BCUT2D eigenvalue weighted by Crippen LogP contribution is 2.44. The van der Waals surface area contributed by atoms with E-state index in [1.54, 1.807) is 7.11 Å². The number of thiophene rings is 1. The molecule has 1 rings (SSSR count). The third kappa shape index (κ3) is 2.07. The monoisotopic (exact) mass is 228 g/mol. The Bertz CT molecular complexity index is 374. The average molecular weight is 228 g/mol. The van der Waals surface area contributed by atoms with Crippen molar-refractivity contribution in [2.75, 3.05) is 31.3 Å². The summed E-state index contributed by atoms with van der Waals surface area (Å²) in [5, 5.41) is 0.905. The molecule has 1 aromatic rings. The predicted octanol–water partition coefficient (Wildman–Crippen LogP) is 2.00. The topological polar surface area (TPSA) is 55.6 Å². The quantitative estimate of drug-likeness (QED) is 0.801. The third-order valence-electron chi connectivity index (χ3n) is 2.23. The molecule has 0 bridgehead atoms. The summed E-state index contributed by atoms with van der Waals surface area (Å²) in [6.07, 6.45) is 0. The van der Waals surface area contributed by atoms with E-state index in [0.717, 1.165) is 11.5 Å². The van der Waals surface area contributed by atoms with E-state index in [9.17, 15) is 4.79 Å². The van der Waals surface area contributed by atoms with Crippen molar-refractivity contribution in [2.45, 2.75) is 13.8 Å². The van der Waals surface area contributed by atoms with Gasteiger partial charge in [0.2, 0.25) is 0 Å². The number of nitrogens with zero attached hydrogens (tertiary/aromatic N) is 1. The first-order chi connectivity index (χ1) is 7.02. The van der Waals surface area contributed by atoms with Crippen LogP contribution in [0, 0.1) is 0 Å². The molecular formula is C10H16N2O2S. The molecule has 0 radical (unpaired) electrons. The van der Waals surface area contributed by atoms with E-state index in [2.05, 4.69) is 0 Å². The Morgan fingerprint density at radius 3 is 2.60 bits per heavy atom. The zero-order valence-corrected chi connectivity index (χ0v) is 10.3. The Hall–Kier alpha value is -1.23. The summed E-state index contributed by atoms with van der Waals surface area (Å²) in [4.78, 5) is 13.9. The highest BCUT2D eigenvalue weighted by molar-refractivity contribution is 7.19. The summed E-state index contributed by atoms with van der Waals surface area (Å²) in [5.41, 5.74) is 6.30. The molecule has 1 aromatic heterocycles. The van der Waals surface area contributed by atoms with Crippen LogP contribution in [0.2, 0.25) is 0 Å². The number of anilines is 2. The summed E-state index contributed by atoms with van der Waals surface area (Å²) >= 11 is 1.38. The number of rotatable bonds is 4. The molecule has 4 nitrogen and oxygen atoms in total. The van der Waals surface area contributed by atoms with Crippen LogP contribution in [0.15, 0.2) is 0 Å². The van der Waals surface area contributed by atoms with Gasteiger partial charge in [0.15, 0.2) is 11.5 Å². The molecule has 0 aliphatic heterocycles. The van der Waals surface area contributed by atoms with Gasteiger partial charge in [-0.15, -0.1) is 11.3 Å². The average Bonchev–Trinajstić information content (AvgIpc) is 2.54. The van der Waals surface area contributed by atoms with Crippen LogP contribution >= 0.6 is 11.3 Å². The van der Waals surface area contributed by atoms with Crippen LogP contribution < -0.4 is 15.4 Å². The van der Waals surface area contributed by atoms with E-state index in [-0.39, 0.29) is 5.78 Å². The van der Waals surface area contributed by atoms with Gasteiger partial charge in [-0.25, -0.2) is 0 Å². The Morgan fingerprint density at radius 1 is 1.60 bits per heavy atom. The van der Waals surface area contributed by atoms with Crippen molar-refractivity contribution in [3.05, 3.63) is 4.88 Å². The van der Waals surface area contributed by atoms with Crippen molar-refractivity contribution < 1.29 is 9.53 Å². The SMILES string of the molecule is CCN(C)c1sc(C(C)=O)c(N)c1OC. The van der Waals surface area contributed by atoms with Crippen LogP contribution in [0.3, 0.4) is 0 Å². The zero-order valence-electron chi connectivity index (χ0n) is 9.46. The lowest BCUT2D eigenvalue weighted by molar-refractivity contribution is 0.102. The second-order valence-corrected chi connectivity index (χ2v) is 4.25. The van der Waals surface area contributed by atoms with E-state index in [1.165, 1.54) is 18.3 Å². The minimum atomic E-state index is -0.0217. The molecule has 0 aliphatic rings. The predicted molar refractivity (Wildman–Crippen MR) is 64.2 cm³/mol. The second kappa shape index (κ2) is 4.53. The smallest absolute Gasteiger partial charge is 0.177 e. The minimum absolute atomic E-state index is 0.0217. The molecule has 0 saturated heterocycles. The highest BCUT2D eigenvalue weighted by Gasteiger charge is 2.21. The Kier molecular flexibility index (Phi) is 3.57. The van der Waals surface area contributed by atoms with Crippen LogP contribution in [-0.4, -0.2) is 26.5 Å². The maximum atomic E-state index is 11.3. The van der Waals surface area contributed by atoms with Gasteiger partial charge in [-0.05, 0) is 6.92 Å². The van der Waals surface area contributed by atoms with E-state index in [1.807, 2.05) is 18.9 Å². The Morgan fingerprint density at radius 2 is 2.20 bits per heavy atom. The van der Waals surface area contributed by atoms with Crippen LogP contribution in [0.4, 0.5) is 10.7 Å². The van der Waals surface area contributed by atoms with Crippen LogP contribution in [0.5, 0.6) is 5.75 Å². The molecule has 0 atom stereocenters. The summed E-state index contributed by atoms with van der Waals surface area (Å²) < 4.78 is 5.22. The molecule has 0 amide bonds. The van der Waals surface area contributed by atoms with Crippen molar-refractivity contribution in [3.63, 3.8) is 0 Å². The van der Waals surface area contributed by atoms with Gasteiger partial charge < -0.3 is 15.4 Å². The van der Waals surface area contributed by atoms with Crippen LogP contribution in [0.25, 0.3) is 0 Å². The third-order valence-corrected chi connectivity index (χ3v) is 3.63. The largest absolute Gasteiger partial charge is 0.492 e. The van der Waals surface area contributed by atoms with E-state index >= 15 is 0 Å². The lowest BCUT2D eigenvalue weighted by Crippen LogP contribution is -2.15. The fraction of sp³-hybridized carbons (Fsp3) is 0.500. The number of carbonyl (C=O) groups excluding carboxylic acids is 1. The maximum Gasteiger partial charge on any atom is 0.177 e. The zero-order chi connectivity index (χ0) is 11.6. The summed E-state index contributed by atoms with van der Waals surface area (Å²) in [6, 6.07) is 0. The summed E-state index contributed by atoms with van der Waals surface area (Å²) in [7, 11) is 3.51. The molecule has 0 fully saturated rings. The minimum Gasteiger partial charge on any atom is -0.492 e. The molecule has 0 aromatic carbocycles. The van der Waals surface area contributed by atoms with Crippen molar-refractivity contribution in [1.82, 2.24) is 0 Å². The number of methoxy groups -OCH3 is 1. The highest BCUT2D eigenvalue weighted by atomic mass is 32.1. The molecule has 0 unspecified atom stereocenters. The molecular weight excluding hydrogens is 212 g/mol. The first-order valence-corrected chi connectivity index (χ1v) is 5.52. The van der Waals surface area contributed by atoms with Gasteiger partial charge in [-0.3, -0.25) is 4.79 Å². The fourth-order valence-electron chi connectivity index (χ4n) is 1.27. The molecule has 0 aliphatic carbocycles. The number of ether oxygens (including phenoxy) is 1. The number of ketones is 1. The van der Waals surface area contributed by atoms with E-state index < -0.39 is 0 Å². The van der Waals surface area contributed by atoms with Crippen molar-refractivity contribution in [2.24, 2.45) is 0 Å². The molecule has 0 spiro atoms. The number of Topliss-reactive ketones (excluding diaryl/α,β-unsaturated/α-hetero) is 1. The number of hydrogen-bond donors (Lipinski definition) is 1. The van der Waals surface area contributed by atoms with Gasteiger partial charge in [0.05, 0.1) is 17.7 Å². The Balaban J connectivity index is 3.27. The molecule has 1 heterocycles. The molecule has 0 saturated carbocycles. The molecule has 2 N–H and O–H groups in total. The van der Waals surface area contributed by atoms with Gasteiger partial charge in [-0.2, -0.15) is 0 Å². The van der Waals surface area contributed by atoms with Crippen molar-refractivity contribution in [1.29, 1.82) is 0 Å². The molecule has 84 valence electrons. The second-order valence-electron chi connectivity index (χ2n) is 3.25. The van der Waals surface area contributed by atoms with Crippen LogP contribution in [0.1, 0.15) is 23.5 Å². The summed E-state index contributed by atoms with van der Waals surface area (Å²) in [6.45, 7) is 4.38. The Labute approximate surface area is 93.6 Å². The first kappa shape index (κ1) is 11.8. The van der Waals surface area contributed by atoms with E-state index in [0.29, 0.717) is 16.3 Å². The molecule has 5 heteroatoms. The van der Waals surface area contributed by atoms with Gasteiger partial charge in [0.25, 0.3) is 0 Å². The van der Waals surface area contributed by atoms with E-state index in [4.69, 9.17) is 10.5 Å². The van der Waals surface area contributed by atoms with Gasteiger partial charge in [-0.1, -0.05) is 0 Å². The number of hydrogen-bond acceptors (Lipinski definition) is 5. The van der Waals surface area contributed by atoms with Gasteiger partial charge in [0, 0.05) is 20.5 Å². The lowest BCUT2D eigenvalue weighted by atomic mass is 10.3. The standard InChI is InChI=1S/C10H16N2O2S/c1-5-12(3)10-8(14-4)7(11)9(15-10)6(2)13/h5,11H2,1-4H3. The van der Waals surface area contributed by atoms with Gasteiger partial charge in [0.1, 0.15) is 5.00 Å². The number of nitrogen functional groups attached to an aromatic ring is 1. The number of nitrogens with two attached hydrogens (primary N) is 1. The lowest BCUT2D eigenvalue weighted by Gasteiger charge is -2.15. The van der Waals surface area contributed by atoms with Crippen molar-refractivity contribution >= 4 is 27.8 Å². The molecule has 15 heavy (non-hydrogen) atoms. The van der Waals surface area contributed by atoms with Crippen LogP contribution in [-0.2, 0) is 0 Å². The van der Waals surface area contributed by atoms with Gasteiger partial charge >= 0.3 is 0 Å².